The molecule has 0 spiro atoms. The second-order valence-electron chi connectivity index (χ2n) is 9.07. The van der Waals surface area contributed by atoms with Crippen molar-refractivity contribution in [2.24, 2.45) is 0 Å². The zero-order valence-electron chi connectivity index (χ0n) is 20.7. The summed E-state index contributed by atoms with van der Waals surface area (Å²) < 4.78 is 6.47. The molecule has 2 aromatic carbocycles. The zero-order valence-corrected chi connectivity index (χ0v) is 20.7. The van der Waals surface area contributed by atoms with Gasteiger partial charge in [-0.2, -0.15) is 15.5 Å². The van der Waals surface area contributed by atoms with Crippen LogP contribution in [0.15, 0.2) is 60.9 Å². The molecule has 0 amide bonds. The molecule has 4 aromatic rings. The number of fused-ring (bicyclic) bond motifs is 1. The van der Waals surface area contributed by atoms with E-state index in [1.807, 2.05) is 50.4 Å². The van der Waals surface area contributed by atoms with Crippen LogP contribution in [0.5, 0.6) is 11.6 Å². The van der Waals surface area contributed by atoms with Crippen molar-refractivity contribution in [2.75, 3.05) is 11.9 Å². The second-order valence-corrected chi connectivity index (χ2v) is 9.07. The van der Waals surface area contributed by atoms with E-state index in [0.717, 1.165) is 53.1 Å². The first-order valence-corrected chi connectivity index (χ1v) is 12.0. The molecule has 1 aliphatic rings. The highest BCUT2D eigenvalue weighted by Crippen LogP contribution is 2.35. The van der Waals surface area contributed by atoms with Gasteiger partial charge in [0.15, 0.2) is 0 Å². The van der Waals surface area contributed by atoms with E-state index in [9.17, 15) is 5.26 Å². The Bertz CT molecular complexity index is 1500. The third-order valence-corrected chi connectivity index (χ3v) is 6.29. The van der Waals surface area contributed by atoms with Crippen LogP contribution in [0.25, 0.3) is 0 Å². The first-order valence-electron chi connectivity index (χ1n) is 12.0. The lowest BCUT2D eigenvalue weighted by atomic mass is 10.0. The van der Waals surface area contributed by atoms with Crippen molar-refractivity contribution in [3.8, 4) is 23.8 Å². The third kappa shape index (κ3) is 5.40. The van der Waals surface area contributed by atoms with Gasteiger partial charge in [-0.15, -0.1) is 0 Å². The molecule has 1 N–H and O–H groups in total. The number of nitrogens with zero attached hydrogens (tertiary/aromatic N) is 6. The molecular weight excluding hydrogens is 462 g/mol. The predicted molar refractivity (Wildman–Crippen MR) is 139 cm³/mol. The van der Waals surface area contributed by atoms with Crippen LogP contribution in [0.4, 0.5) is 11.6 Å². The van der Waals surface area contributed by atoms with E-state index in [1.165, 1.54) is 0 Å². The van der Waals surface area contributed by atoms with E-state index in [4.69, 9.17) is 20.0 Å². The first kappa shape index (κ1) is 23.9. The van der Waals surface area contributed by atoms with Crippen LogP contribution in [0.1, 0.15) is 39.1 Å². The standard InChI is InChI=1S/C29H25N7O/c1-19-12-23(15-31)13-20(2)27(19)37-28-25-18-36(17-22-4-3-10-32-16-22)11-9-26(25)34-29(35-28)33-24-7-5-21(14-30)6-8-24/h3-8,10,12-13,16H,9,11,17-18H2,1-2H3,(H,33,34,35). The van der Waals surface area contributed by atoms with Crippen LogP contribution in [0.3, 0.4) is 0 Å². The van der Waals surface area contributed by atoms with Gasteiger partial charge in [0.1, 0.15) is 5.75 Å². The topological polar surface area (TPSA) is 111 Å². The quantitative estimate of drug-likeness (QED) is 0.389. The lowest BCUT2D eigenvalue weighted by Gasteiger charge is -2.29. The van der Waals surface area contributed by atoms with Crippen molar-refractivity contribution in [2.45, 2.75) is 33.4 Å². The normalized spacial score (nSPS) is 12.8. The van der Waals surface area contributed by atoms with Crippen molar-refractivity contribution in [3.63, 3.8) is 0 Å². The molecular formula is C29H25N7O. The van der Waals surface area contributed by atoms with Crippen molar-refractivity contribution in [1.82, 2.24) is 19.9 Å². The number of aromatic nitrogens is 3. The highest BCUT2D eigenvalue weighted by atomic mass is 16.5. The number of nitrogens with one attached hydrogen (secondary N) is 1. The smallest absolute Gasteiger partial charge is 0.230 e. The van der Waals surface area contributed by atoms with E-state index in [-0.39, 0.29) is 0 Å². The molecule has 3 heterocycles. The number of ether oxygens (including phenoxy) is 1. The molecule has 37 heavy (non-hydrogen) atoms. The fourth-order valence-corrected chi connectivity index (χ4v) is 4.49. The summed E-state index contributed by atoms with van der Waals surface area (Å²) >= 11 is 0. The number of hydrogen-bond donors (Lipinski definition) is 1. The minimum atomic E-state index is 0.433. The molecule has 0 unspecified atom stereocenters. The number of hydrogen-bond acceptors (Lipinski definition) is 8. The van der Waals surface area contributed by atoms with Crippen LogP contribution in [-0.2, 0) is 19.5 Å². The minimum Gasteiger partial charge on any atom is -0.438 e. The van der Waals surface area contributed by atoms with Gasteiger partial charge < -0.3 is 10.1 Å². The van der Waals surface area contributed by atoms with Crippen molar-refractivity contribution >= 4 is 11.6 Å². The van der Waals surface area contributed by atoms with Crippen LogP contribution in [0.2, 0.25) is 0 Å². The average Bonchev–Trinajstić information content (AvgIpc) is 2.91. The van der Waals surface area contributed by atoms with Crippen LogP contribution < -0.4 is 10.1 Å². The molecule has 0 aliphatic carbocycles. The molecule has 0 saturated carbocycles. The fourth-order valence-electron chi connectivity index (χ4n) is 4.49. The molecule has 0 fully saturated rings. The molecule has 8 heteroatoms. The highest BCUT2D eigenvalue weighted by Gasteiger charge is 2.25. The summed E-state index contributed by atoms with van der Waals surface area (Å²) in [5.41, 5.74) is 6.73. The molecule has 1 aliphatic heterocycles. The molecule has 2 aromatic heterocycles. The van der Waals surface area contributed by atoms with Gasteiger partial charge in [-0.25, -0.2) is 4.98 Å². The Kier molecular flexibility index (Phi) is 6.76. The number of benzene rings is 2. The number of nitriles is 2. The van der Waals surface area contributed by atoms with E-state index in [2.05, 4.69) is 33.4 Å². The number of anilines is 2. The lowest BCUT2D eigenvalue weighted by molar-refractivity contribution is 0.238. The van der Waals surface area contributed by atoms with Gasteiger partial charge in [0.25, 0.3) is 0 Å². The van der Waals surface area contributed by atoms with Gasteiger partial charge in [-0.1, -0.05) is 6.07 Å². The van der Waals surface area contributed by atoms with Gasteiger partial charge in [0, 0.05) is 44.1 Å². The Balaban J connectivity index is 1.50. The summed E-state index contributed by atoms with van der Waals surface area (Å²) in [5, 5.41) is 21.7. The summed E-state index contributed by atoms with van der Waals surface area (Å²) in [6.07, 6.45) is 4.42. The minimum absolute atomic E-state index is 0.433. The summed E-state index contributed by atoms with van der Waals surface area (Å²) in [4.78, 5) is 16.2. The van der Waals surface area contributed by atoms with Gasteiger partial charge in [0.2, 0.25) is 11.8 Å². The fraction of sp³-hybridized carbons (Fsp3) is 0.207. The third-order valence-electron chi connectivity index (χ3n) is 6.29. The molecule has 5 rings (SSSR count). The largest absolute Gasteiger partial charge is 0.438 e. The maximum Gasteiger partial charge on any atom is 0.230 e. The highest BCUT2D eigenvalue weighted by molar-refractivity contribution is 5.57. The van der Waals surface area contributed by atoms with E-state index in [0.29, 0.717) is 35.2 Å². The molecule has 0 bridgehead atoms. The van der Waals surface area contributed by atoms with Crippen molar-refractivity contribution < 1.29 is 4.74 Å². The van der Waals surface area contributed by atoms with E-state index in [1.54, 1.807) is 18.3 Å². The van der Waals surface area contributed by atoms with Crippen LogP contribution in [0, 0.1) is 36.5 Å². The van der Waals surface area contributed by atoms with Crippen LogP contribution >= 0.6 is 0 Å². The Morgan fingerprint density at radius 1 is 1.00 bits per heavy atom. The Morgan fingerprint density at radius 2 is 1.76 bits per heavy atom. The van der Waals surface area contributed by atoms with Gasteiger partial charge in [-0.3, -0.25) is 9.88 Å². The molecule has 8 nitrogen and oxygen atoms in total. The summed E-state index contributed by atoms with van der Waals surface area (Å²) in [5.74, 6) is 1.62. The number of aryl methyl sites for hydroxylation is 2. The van der Waals surface area contributed by atoms with Gasteiger partial charge >= 0.3 is 0 Å². The number of rotatable bonds is 6. The first-order chi connectivity index (χ1) is 18.0. The summed E-state index contributed by atoms with van der Waals surface area (Å²) in [6, 6.07) is 19.1. The monoisotopic (exact) mass is 487 g/mol. The number of pyridine rings is 1. The van der Waals surface area contributed by atoms with Crippen molar-refractivity contribution in [1.29, 1.82) is 10.5 Å². The molecule has 0 radical (unpaired) electrons. The SMILES string of the molecule is Cc1cc(C#N)cc(C)c1Oc1nc(Nc2ccc(C#N)cc2)nc2c1CN(Cc1cccnc1)CC2. The molecule has 182 valence electrons. The summed E-state index contributed by atoms with van der Waals surface area (Å²) in [7, 11) is 0. The van der Waals surface area contributed by atoms with E-state index >= 15 is 0 Å². The van der Waals surface area contributed by atoms with Gasteiger partial charge in [0.05, 0.1) is 34.5 Å². The van der Waals surface area contributed by atoms with E-state index < -0.39 is 0 Å². The molecule has 0 atom stereocenters. The maximum absolute atomic E-state index is 9.34. The zero-order chi connectivity index (χ0) is 25.8. The second kappa shape index (κ2) is 10.4. The Hall–Kier alpha value is -4.79. The van der Waals surface area contributed by atoms with Gasteiger partial charge in [-0.05, 0) is 73.0 Å². The van der Waals surface area contributed by atoms with Crippen LogP contribution in [-0.4, -0.2) is 26.4 Å². The predicted octanol–water partition coefficient (Wildman–Crippen LogP) is 5.33. The lowest BCUT2D eigenvalue weighted by Crippen LogP contribution is -2.31. The summed E-state index contributed by atoms with van der Waals surface area (Å²) in [6.45, 7) is 6.13. The Morgan fingerprint density at radius 3 is 2.43 bits per heavy atom. The molecule has 0 saturated heterocycles. The van der Waals surface area contributed by atoms with Crippen molar-refractivity contribution in [3.05, 3.63) is 100.0 Å². The Labute approximate surface area is 215 Å². The maximum atomic E-state index is 9.34. The average molecular weight is 488 g/mol.